The molecule has 3 aromatic rings. The lowest BCUT2D eigenvalue weighted by Crippen LogP contribution is -2.09. The highest BCUT2D eigenvalue weighted by Crippen LogP contribution is 2.34. The minimum atomic E-state index is -4.03. The van der Waals surface area contributed by atoms with Gasteiger partial charge < -0.3 is 20.9 Å². The van der Waals surface area contributed by atoms with Crippen LogP contribution in [0.2, 0.25) is 0 Å². The summed E-state index contributed by atoms with van der Waals surface area (Å²) < 4.78 is 75.3. The molecule has 2 aromatic carbocycles. The second-order valence-electron chi connectivity index (χ2n) is 9.06. The maximum absolute atomic E-state index is 10.7. The van der Waals surface area contributed by atoms with Gasteiger partial charge in [-0.05, 0) is 56.0 Å². The van der Waals surface area contributed by atoms with Crippen molar-refractivity contribution in [3.63, 3.8) is 0 Å². The van der Waals surface area contributed by atoms with Crippen molar-refractivity contribution in [1.29, 1.82) is 0 Å². The highest BCUT2D eigenvalue weighted by atomic mass is 32.2. The lowest BCUT2D eigenvalue weighted by Gasteiger charge is -2.10. The third-order valence-electron chi connectivity index (χ3n) is 5.21. The molecule has 0 amide bonds. The summed E-state index contributed by atoms with van der Waals surface area (Å²) >= 11 is 3.66. The van der Waals surface area contributed by atoms with Crippen molar-refractivity contribution in [3.8, 4) is 11.5 Å². The first-order valence-corrected chi connectivity index (χ1v) is 19.0. The van der Waals surface area contributed by atoms with Crippen LogP contribution in [0.5, 0.6) is 11.5 Å². The van der Waals surface area contributed by atoms with E-state index in [-0.39, 0.29) is 31.8 Å². The molecular weight excluding hydrogens is 709 g/mol. The highest BCUT2D eigenvalue weighted by Gasteiger charge is 2.10. The Morgan fingerprint density at radius 2 is 1.50 bits per heavy atom. The summed E-state index contributed by atoms with van der Waals surface area (Å²) in [5, 5.41) is 28.1. The zero-order chi connectivity index (χ0) is 34.2. The maximum Gasteiger partial charge on any atom is 0.264 e. The third kappa shape index (κ3) is 16.7. The number of rotatable bonds is 18. The van der Waals surface area contributed by atoms with Crippen molar-refractivity contribution in [3.05, 3.63) is 41.5 Å². The maximum atomic E-state index is 10.7. The normalized spacial score (nSPS) is 11.8. The molecule has 22 heteroatoms. The molecule has 1 aromatic heterocycles. The Balaban J connectivity index is 0.000000387. The molecule has 0 saturated carbocycles. The molecule has 1 heterocycles. The van der Waals surface area contributed by atoms with Gasteiger partial charge in [0.2, 0.25) is 0 Å². The Bertz CT molecular complexity index is 1640. The summed E-state index contributed by atoms with van der Waals surface area (Å²) in [5.74, 6) is 1.39. The van der Waals surface area contributed by atoms with E-state index in [4.69, 9.17) is 35.3 Å². The molecule has 3 rings (SSSR count). The van der Waals surface area contributed by atoms with Gasteiger partial charge in [-0.25, -0.2) is 5.26 Å². The molecule has 17 nitrogen and oxygen atoms in total. The fourth-order valence-electron chi connectivity index (χ4n) is 3.20. The lowest BCUT2D eigenvalue weighted by atomic mass is 10.1. The van der Waals surface area contributed by atoms with Crippen LogP contribution in [0.4, 0.5) is 22.2 Å². The summed E-state index contributed by atoms with van der Waals surface area (Å²) in [7, 11) is -7.94. The molecule has 0 spiro atoms. The largest absolute Gasteiger partial charge is 0.491 e. The van der Waals surface area contributed by atoms with E-state index in [1.165, 1.54) is 23.1 Å². The van der Waals surface area contributed by atoms with Crippen LogP contribution in [0.3, 0.4) is 0 Å². The second-order valence-corrected chi connectivity index (χ2v) is 15.3. The van der Waals surface area contributed by atoms with Crippen LogP contribution in [-0.2, 0) is 29.6 Å². The van der Waals surface area contributed by atoms with Crippen LogP contribution in [0.1, 0.15) is 24.0 Å². The molecule has 7 N–H and O–H groups in total. The number of nitrogen functional groups attached to an aromatic ring is 2. The van der Waals surface area contributed by atoms with Crippen LogP contribution in [0, 0.1) is 13.8 Å². The molecule has 0 fully saturated rings. The Morgan fingerprint density at radius 1 is 0.870 bits per heavy atom. The quantitative estimate of drug-likeness (QED) is 0.0169. The summed E-state index contributed by atoms with van der Waals surface area (Å²) in [6, 6.07) is 8.63. The van der Waals surface area contributed by atoms with Gasteiger partial charge in [0.1, 0.15) is 11.5 Å². The number of aryl methyl sites for hydroxylation is 2. The van der Waals surface area contributed by atoms with Gasteiger partial charge in [0.05, 0.1) is 41.8 Å². The molecule has 0 aliphatic rings. The van der Waals surface area contributed by atoms with Crippen molar-refractivity contribution in [2.45, 2.75) is 31.0 Å². The number of hydrogen-bond acceptors (Lipinski definition) is 18. The summed E-state index contributed by atoms with van der Waals surface area (Å²) in [4.78, 5) is 0. The number of aromatic nitrogens is 2. The van der Waals surface area contributed by atoms with Crippen molar-refractivity contribution in [2.24, 2.45) is 10.2 Å². The summed E-state index contributed by atoms with van der Waals surface area (Å²) in [6.07, 6.45) is 0.345. The summed E-state index contributed by atoms with van der Waals surface area (Å²) in [6.45, 7) is 3.99. The Labute approximate surface area is 278 Å². The van der Waals surface area contributed by atoms with Crippen LogP contribution >= 0.6 is 35.1 Å². The fraction of sp³-hybridized carbons (Fsp3) is 0.417. The molecular formula is C24H34N6O11S5. The number of azo groups is 1. The predicted molar refractivity (Wildman–Crippen MR) is 176 cm³/mol. The number of nitrogens with zero attached hydrogens (tertiary/aromatic N) is 4. The minimum Gasteiger partial charge on any atom is -0.491 e. The van der Waals surface area contributed by atoms with Crippen LogP contribution in [0.25, 0.3) is 0 Å². The predicted octanol–water partition coefficient (Wildman–Crippen LogP) is 4.90. The minimum absolute atomic E-state index is 0.0639. The Morgan fingerprint density at radius 3 is 2.11 bits per heavy atom. The smallest absolute Gasteiger partial charge is 0.264 e. The van der Waals surface area contributed by atoms with Crippen LogP contribution in [0.15, 0.2) is 44.9 Å². The second kappa shape index (κ2) is 19.8. The molecule has 46 heavy (non-hydrogen) atoms. The average molecular weight is 743 g/mol. The van der Waals surface area contributed by atoms with E-state index >= 15 is 0 Å². The van der Waals surface area contributed by atoms with Gasteiger partial charge in [-0.15, -0.1) is 24.8 Å². The molecule has 0 aliphatic carbocycles. The third-order valence-corrected chi connectivity index (χ3v) is 9.55. The lowest BCUT2D eigenvalue weighted by molar-refractivity contribution is -0.432. The molecule has 0 radical (unpaired) electrons. The first-order valence-electron chi connectivity index (χ1n) is 13.1. The van der Waals surface area contributed by atoms with E-state index in [0.717, 1.165) is 23.2 Å². The SMILES string of the molecule is Cc1cc(N)c(OCCCS(=O)(=O)O)cc1N=Nc1nnc(SCCSOOO)s1.Cc1ccc(OCCCS(=O)(=O)O)c(N)c1. The van der Waals surface area contributed by atoms with Gasteiger partial charge in [-0.1, -0.05) is 34.2 Å². The van der Waals surface area contributed by atoms with E-state index in [2.05, 4.69) is 29.8 Å². The Kier molecular flexibility index (Phi) is 16.9. The number of benzene rings is 2. The van der Waals surface area contributed by atoms with Gasteiger partial charge in [0.25, 0.3) is 25.4 Å². The Hall–Kier alpha value is -2.80. The monoisotopic (exact) mass is 742 g/mol. The van der Waals surface area contributed by atoms with Gasteiger partial charge >= 0.3 is 0 Å². The summed E-state index contributed by atoms with van der Waals surface area (Å²) in [5.41, 5.74) is 14.8. The molecule has 0 atom stereocenters. The number of thioether (sulfide) groups is 1. The highest BCUT2D eigenvalue weighted by molar-refractivity contribution is 8.02. The number of anilines is 2. The fourth-order valence-corrected chi connectivity index (χ4v) is 6.26. The van der Waals surface area contributed by atoms with E-state index < -0.39 is 26.0 Å². The van der Waals surface area contributed by atoms with E-state index in [9.17, 15) is 16.8 Å². The van der Waals surface area contributed by atoms with Gasteiger partial charge in [0.15, 0.2) is 4.34 Å². The van der Waals surface area contributed by atoms with Crippen molar-refractivity contribution in [2.75, 3.05) is 47.7 Å². The number of nitrogens with two attached hydrogens (primary N) is 2. The van der Waals surface area contributed by atoms with Crippen molar-refractivity contribution < 1.29 is 50.0 Å². The molecule has 0 bridgehead atoms. The first-order chi connectivity index (χ1) is 21.7. The zero-order valence-electron chi connectivity index (χ0n) is 24.6. The average Bonchev–Trinajstić information content (AvgIpc) is 3.41. The van der Waals surface area contributed by atoms with Crippen molar-refractivity contribution in [1.82, 2.24) is 10.2 Å². The zero-order valence-corrected chi connectivity index (χ0v) is 28.7. The van der Waals surface area contributed by atoms with E-state index in [1.807, 2.05) is 19.9 Å². The molecule has 0 saturated heterocycles. The molecule has 256 valence electrons. The van der Waals surface area contributed by atoms with Crippen LogP contribution in [-0.4, -0.2) is 77.6 Å². The number of hydrogen-bond donors (Lipinski definition) is 5. The number of ether oxygens (including phenoxy) is 2. The van der Waals surface area contributed by atoms with Crippen LogP contribution < -0.4 is 20.9 Å². The molecule has 0 aliphatic heterocycles. The first kappa shape index (κ1) is 39.4. The van der Waals surface area contributed by atoms with Gasteiger partial charge in [-0.3, -0.25) is 9.11 Å². The van der Waals surface area contributed by atoms with Crippen molar-refractivity contribution >= 4 is 77.6 Å². The topological polar surface area (TPSA) is 268 Å². The molecule has 0 unspecified atom stereocenters. The standard InChI is InChI=1S/C14H19N5O7S4.C10H15NO4S/c1-9-7-10(15)12(24-3-2-6-30(21,22)23)8-11(9)16-17-13-18-19-14(29-13)27-4-5-28-26-25-20;1-8-3-4-10(9(11)7-8)15-5-2-6-16(12,13)14/h7-8,20H,2-6,15H2,1H3,(H,21,22,23);3-4,7H,2,5-6,11H2,1H3,(H,12,13,14). The van der Waals surface area contributed by atoms with E-state index in [0.29, 0.717) is 49.5 Å². The van der Waals surface area contributed by atoms with E-state index in [1.54, 1.807) is 24.3 Å². The van der Waals surface area contributed by atoms with Gasteiger partial charge in [0, 0.05) is 29.6 Å². The van der Waals surface area contributed by atoms with Gasteiger partial charge in [-0.2, -0.15) is 16.8 Å².